The lowest BCUT2D eigenvalue weighted by Gasteiger charge is -2.40. The van der Waals surface area contributed by atoms with Crippen LogP contribution in [0.5, 0.6) is 0 Å². The Morgan fingerprint density at radius 3 is 2.80 bits per heavy atom. The number of anilines is 2. The smallest absolute Gasteiger partial charge is 0.377 e. The third-order valence-corrected chi connectivity index (χ3v) is 6.21. The molecule has 0 spiro atoms. The molecule has 1 N–H and O–H groups in total. The number of hydrogen-bond acceptors (Lipinski definition) is 6. The van der Waals surface area contributed by atoms with Crippen LogP contribution in [0.25, 0.3) is 11.1 Å². The molecule has 0 saturated carbocycles. The molecule has 0 aliphatic carbocycles. The fourth-order valence-electron chi connectivity index (χ4n) is 4.43. The van der Waals surface area contributed by atoms with Gasteiger partial charge in [0.2, 0.25) is 0 Å². The average Bonchev–Trinajstić information content (AvgIpc) is 2.84. The number of fused-ring (bicyclic) bond motifs is 3. The van der Waals surface area contributed by atoms with E-state index >= 15 is 0 Å². The molecule has 1 atom stereocenters. The van der Waals surface area contributed by atoms with Crippen molar-refractivity contribution >= 4 is 23.1 Å². The Labute approximate surface area is 199 Å². The van der Waals surface area contributed by atoms with Crippen molar-refractivity contribution in [1.29, 1.82) is 0 Å². The number of aromatic nitrogens is 2. The third-order valence-electron chi connectivity index (χ3n) is 6.21. The van der Waals surface area contributed by atoms with Crippen LogP contribution in [0.15, 0.2) is 48.8 Å². The van der Waals surface area contributed by atoms with Crippen molar-refractivity contribution in [1.82, 2.24) is 9.97 Å². The average molecular weight is 482 g/mol. The highest BCUT2D eigenvalue weighted by molar-refractivity contribution is 6.05. The lowest BCUT2D eigenvalue weighted by atomic mass is 9.95. The fraction of sp³-hybridized carbons (Fsp3) is 0.280. The molecule has 1 saturated heterocycles. The van der Waals surface area contributed by atoms with Gasteiger partial charge in [-0.3, -0.25) is 19.6 Å². The Morgan fingerprint density at radius 1 is 1.17 bits per heavy atom. The van der Waals surface area contributed by atoms with Gasteiger partial charge in [0, 0.05) is 42.2 Å². The number of nitrogens with zero attached hydrogens (tertiary/aromatic N) is 3. The highest BCUT2D eigenvalue weighted by atomic mass is 19.4. The molecule has 7 nitrogen and oxygen atoms in total. The first-order valence-electron chi connectivity index (χ1n) is 11.0. The van der Waals surface area contributed by atoms with Crippen LogP contribution >= 0.6 is 0 Å². The number of morpholine rings is 1. The zero-order valence-electron chi connectivity index (χ0n) is 18.7. The maximum absolute atomic E-state index is 13.0. The summed E-state index contributed by atoms with van der Waals surface area (Å²) in [5.74, 6) is -0.704. The second-order valence-electron chi connectivity index (χ2n) is 8.55. The third kappa shape index (κ3) is 4.49. The van der Waals surface area contributed by atoms with Crippen molar-refractivity contribution in [2.75, 3.05) is 30.0 Å². The molecule has 0 radical (unpaired) electrons. The van der Waals surface area contributed by atoms with Gasteiger partial charge in [-0.05, 0) is 48.4 Å². The number of pyridine rings is 2. The molecular formula is C25H21F3N4O3. The van der Waals surface area contributed by atoms with E-state index in [9.17, 15) is 22.8 Å². The van der Waals surface area contributed by atoms with Gasteiger partial charge in [-0.15, -0.1) is 0 Å². The number of Topliss-reactive ketones (excluding diaryl/α,β-unsaturated/α-hetero) is 1. The molecule has 1 amide bonds. The molecule has 2 aromatic heterocycles. The highest BCUT2D eigenvalue weighted by Gasteiger charge is 2.35. The van der Waals surface area contributed by atoms with Crippen molar-refractivity contribution in [2.45, 2.75) is 25.6 Å². The number of rotatable bonds is 3. The summed E-state index contributed by atoms with van der Waals surface area (Å²) < 4.78 is 44.4. The van der Waals surface area contributed by atoms with Crippen LogP contribution in [0.2, 0.25) is 0 Å². The molecule has 5 rings (SSSR count). The quantitative estimate of drug-likeness (QED) is 0.591. The molecule has 10 heteroatoms. The molecule has 4 heterocycles. The zero-order chi connectivity index (χ0) is 24.7. The summed E-state index contributed by atoms with van der Waals surface area (Å²) in [6.07, 6.45) is -1.69. The van der Waals surface area contributed by atoms with Crippen molar-refractivity contribution in [3.8, 4) is 11.1 Å². The predicted molar refractivity (Wildman–Crippen MR) is 123 cm³/mol. The summed E-state index contributed by atoms with van der Waals surface area (Å²) in [5, 5.41) is 2.65. The van der Waals surface area contributed by atoms with E-state index in [0.717, 1.165) is 28.6 Å². The van der Waals surface area contributed by atoms with E-state index in [-0.39, 0.29) is 17.4 Å². The van der Waals surface area contributed by atoms with Crippen molar-refractivity contribution in [3.05, 3.63) is 71.3 Å². The van der Waals surface area contributed by atoms with Gasteiger partial charge in [0.1, 0.15) is 11.4 Å². The Kier molecular flexibility index (Phi) is 5.76. The second-order valence-corrected chi connectivity index (χ2v) is 8.55. The van der Waals surface area contributed by atoms with E-state index in [1.807, 2.05) is 13.0 Å². The molecular weight excluding hydrogens is 461 g/mol. The van der Waals surface area contributed by atoms with Gasteiger partial charge in [0.25, 0.3) is 5.91 Å². The largest absolute Gasteiger partial charge is 0.433 e. The van der Waals surface area contributed by atoms with E-state index in [4.69, 9.17) is 4.74 Å². The molecule has 1 fully saturated rings. The van der Waals surface area contributed by atoms with Gasteiger partial charge in [-0.2, -0.15) is 13.2 Å². The van der Waals surface area contributed by atoms with E-state index < -0.39 is 17.8 Å². The molecule has 1 unspecified atom stereocenters. The van der Waals surface area contributed by atoms with E-state index in [0.29, 0.717) is 43.6 Å². The lowest BCUT2D eigenvalue weighted by Crippen LogP contribution is -2.49. The fourth-order valence-corrected chi connectivity index (χ4v) is 4.43. The number of aryl methyl sites for hydroxylation is 1. The van der Waals surface area contributed by atoms with Crippen molar-refractivity contribution < 1.29 is 27.5 Å². The highest BCUT2D eigenvalue weighted by Crippen LogP contribution is 2.36. The van der Waals surface area contributed by atoms with Gasteiger partial charge in [0.05, 0.1) is 24.9 Å². The monoisotopic (exact) mass is 482 g/mol. The van der Waals surface area contributed by atoms with E-state index in [1.54, 1.807) is 24.4 Å². The number of alkyl halides is 3. The predicted octanol–water partition coefficient (Wildman–Crippen LogP) is 4.51. The van der Waals surface area contributed by atoms with Gasteiger partial charge in [-0.25, -0.2) is 0 Å². The van der Waals surface area contributed by atoms with Crippen LogP contribution in [0.3, 0.4) is 0 Å². The minimum absolute atomic E-state index is 0.0190. The molecule has 180 valence electrons. The molecule has 2 aliphatic heterocycles. The first-order chi connectivity index (χ1) is 16.7. The SMILES string of the molecule is Cc1ccc(NC(=O)c2ccnc(C(F)(F)F)c2)cc1-c1cnc2c(c1)N1CCOCC1CC2=O. The number of ketones is 1. The summed E-state index contributed by atoms with van der Waals surface area (Å²) in [6, 6.07) is 9.07. The maximum atomic E-state index is 13.0. The van der Waals surface area contributed by atoms with Gasteiger partial charge in [0.15, 0.2) is 5.78 Å². The number of nitrogens with one attached hydrogen (secondary N) is 1. The van der Waals surface area contributed by atoms with Gasteiger partial charge < -0.3 is 15.0 Å². The van der Waals surface area contributed by atoms with E-state index in [1.165, 1.54) is 6.07 Å². The number of benzene rings is 1. The van der Waals surface area contributed by atoms with Crippen molar-refractivity contribution in [2.24, 2.45) is 0 Å². The first kappa shape index (κ1) is 23.0. The number of halogens is 3. The number of carbonyl (C=O) groups is 2. The lowest BCUT2D eigenvalue weighted by molar-refractivity contribution is -0.141. The Hall–Kier alpha value is -3.79. The topological polar surface area (TPSA) is 84.4 Å². The molecule has 1 aromatic carbocycles. The Bertz CT molecular complexity index is 1330. The van der Waals surface area contributed by atoms with Gasteiger partial charge >= 0.3 is 6.18 Å². The number of ether oxygens (including phenoxy) is 1. The maximum Gasteiger partial charge on any atom is 0.433 e. The summed E-state index contributed by atoms with van der Waals surface area (Å²) in [4.78, 5) is 35.1. The van der Waals surface area contributed by atoms with Gasteiger partial charge in [-0.1, -0.05) is 6.07 Å². The second kappa shape index (κ2) is 8.77. The zero-order valence-corrected chi connectivity index (χ0v) is 18.7. The number of hydrogen-bond donors (Lipinski definition) is 1. The Morgan fingerprint density at radius 2 is 2.00 bits per heavy atom. The van der Waals surface area contributed by atoms with Crippen molar-refractivity contribution in [3.63, 3.8) is 0 Å². The van der Waals surface area contributed by atoms with Crippen LogP contribution < -0.4 is 10.2 Å². The Balaban J connectivity index is 1.45. The number of carbonyl (C=O) groups excluding carboxylic acids is 2. The van der Waals surface area contributed by atoms with Crippen LogP contribution in [0, 0.1) is 6.92 Å². The van der Waals surface area contributed by atoms with Crippen LogP contribution in [-0.4, -0.2) is 47.5 Å². The summed E-state index contributed by atoms with van der Waals surface area (Å²) in [7, 11) is 0. The molecule has 35 heavy (non-hydrogen) atoms. The molecule has 0 bridgehead atoms. The molecule has 3 aromatic rings. The summed E-state index contributed by atoms with van der Waals surface area (Å²) in [6.45, 7) is 3.62. The molecule has 2 aliphatic rings. The van der Waals surface area contributed by atoms with Crippen LogP contribution in [0.1, 0.15) is 38.5 Å². The minimum Gasteiger partial charge on any atom is -0.377 e. The van der Waals surface area contributed by atoms with Crippen LogP contribution in [-0.2, 0) is 10.9 Å². The van der Waals surface area contributed by atoms with Crippen LogP contribution in [0.4, 0.5) is 24.5 Å². The standard InChI is InChI=1S/C25H21F3N4O3/c1-14-2-3-17(31-24(34)15-4-5-29-22(9-15)25(26,27)28)10-19(14)16-8-20-23(30-12-16)21(33)11-18-13-35-7-6-32(18)20/h2-5,8-10,12,18H,6-7,11,13H2,1H3,(H,31,34). The number of amides is 1. The summed E-state index contributed by atoms with van der Waals surface area (Å²) >= 11 is 0. The normalized spacial score (nSPS) is 17.5. The summed E-state index contributed by atoms with van der Waals surface area (Å²) in [5.41, 5.74) is 2.79. The first-order valence-corrected chi connectivity index (χ1v) is 11.0. The van der Waals surface area contributed by atoms with E-state index in [2.05, 4.69) is 20.2 Å². The minimum atomic E-state index is -4.65.